The highest BCUT2D eigenvalue weighted by atomic mass is 19.1. The standard InChI is InChI=1S/C10H15F/c1-5-9(8(3)4)7-10(11)6-2/h5-8H,1H2,2-4H3/b9-7+,10-6+. The number of rotatable bonds is 3. The summed E-state index contributed by atoms with van der Waals surface area (Å²) in [5, 5.41) is 0. The zero-order valence-corrected chi connectivity index (χ0v) is 7.39. The largest absolute Gasteiger partial charge is 0.207 e. The van der Waals surface area contributed by atoms with E-state index in [0.29, 0.717) is 5.92 Å². The molecule has 1 heteroatoms. The third-order valence-electron chi connectivity index (χ3n) is 1.48. The van der Waals surface area contributed by atoms with Crippen LogP contribution in [0.5, 0.6) is 0 Å². The van der Waals surface area contributed by atoms with Gasteiger partial charge in [0.15, 0.2) is 0 Å². The Hall–Kier alpha value is -0.850. The van der Waals surface area contributed by atoms with E-state index in [1.165, 1.54) is 12.2 Å². The van der Waals surface area contributed by atoms with E-state index in [4.69, 9.17) is 0 Å². The second-order valence-electron chi connectivity index (χ2n) is 2.68. The molecule has 0 saturated heterocycles. The topological polar surface area (TPSA) is 0 Å². The van der Waals surface area contributed by atoms with Crippen molar-refractivity contribution in [3.63, 3.8) is 0 Å². The smallest absolute Gasteiger partial charge is 0.119 e. The summed E-state index contributed by atoms with van der Waals surface area (Å²) in [5.74, 6) is 0.131. The number of halogens is 1. The lowest BCUT2D eigenvalue weighted by atomic mass is 10.0. The first kappa shape index (κ1) is 10.2. The normalized spacial score (nSPS) is 13.9. The highest BCUT2D eigenvalue weighted by Crippen LogP contribution is 2.13. The molecule has 62 valence electrons. The summed E-state index contributed by atoms with van der Waals surface area (Å²) in [4.78, 5) is 0. The first-order chi connectivity index (χ1) is 5.11. The highest BCUT2D eigenvalue weighted by molar-refractivity contribution is 5.26. The third-order valence-corrected chi connectivity index (χ3v) is 1.48. The maximum absolute atomic E-state index is 12.7. The van der Waals surface area contributed by atoms with Crippen molar-refractivity contribution in [1.82, 2.24) is 0 Å². The minimum absolute atomic E-state index is 0.200. The molecule has 0 aliphatic heterocycles. The lowest BCUT2D eigenvalue weighted by molar-refractivity contribution is 0.658. The van der Waals surface area contributed by atoms with E-state index in [-0.39, 0.29) is 5.83 Å². The number of hydrogen-bond donors (Lipinski definition) is 0. The molecule has 0 saturated carbocycles. The van der Waals surface area contributed by atoms with Crippen molar-refractivity contribution in [3.8, 4) is 0 Å². The zero-order valence-electron chi connectivity index (χ0n) is 7.39. The first-order valence-corrected chi connectivity index (χ1v) is 3.77. The minimum Gasteiger partial charge on any atom is -0.207 e. The molecule has 0 atom stereocenters. The summed E-state index contributed by atoms with van der Waals surface area (Å²) in [6, 6.07) is 0. The van der Waals surface area contributed by atoms with Crippen LogP contribution in [0, 0.1) is 5.92 Å². The van der Waals surface area contributed by atoms with Crippen molar-refractivity contribution in [2.75, 3.05) is 0 Å². The fourth-order valence-electron chi connectivity index (χ4n) is 0.704. The van der Waals surface area contributed by atoms with E-state index >= 15 is 0 Å². The highest BCUT2D eigenvalue weighted by Gasteiger charge is 1.98. The van der Waals surface area contributed by atoms with Gasteiger partial charge in [-0.25, -0.2) is 4.39 Å². The van der Waals surface area contributed by atoms with Crippen LogP contribution in [0.4, 0.5) is 4.39 Å². The van der Waals surface area contributed by atoms with Crippen LogP contribution in [0.1, 0.15) is 20.8 Å². The van der Waals surface area contributed by atoms with Gasteiger partial charge in [0.1, 0.15) is 5.83 Å². The molecule has 0 aromatic rings. The molecule has 0 bridgehead atoms. The maximum atomic E-state index is 12.7. The summed E-state index contributed by atoms with van der Waals surface area (Å²) < 4.78 is 12.7. The third kappa shape index (κ3) is 3.76. The van der Waals surface area contributed by atoms with Crippen LogP contribution in [0.25, 0.3) is 0 Å². The van der Waals surface area contributed by atoms with Crippen LogP contribution in [-0.4, -0.2) is 0 Å². The molecule has 11 heavy (non-hydrogen) atoms. The molecule has 0 rings (SSSR count). The van der Waals surface area contributed by atoms with Gasteiger partial charge >= 0.3 is 0 Å². The molecule has 0 radical (unpaired) electrons. The second kappa shape index (κ2) is 4.89. The Bertz CT molecular complexity index is 185. The Kier molecular flexibility index (Phi) is 4.51. The number of hydrogen-bond acceptors (Lipinski definition) is 0. The Balaban J connectivity index is 4.48. The Morgan fingerprint density at radius 1 is 1.45 bits per heavy atom. The lowest BCUT2D eigenvalue weighted by Crippen LogP contribution is -1.89. The van der Waals surface area contributed by atoms with Crippen LogP contribution in [0.2, 0.25) is 0 Å². The summed E-state index contributed by atoms with van der Waals surface area (Å²) in [6.07, 6.45) is 4.64. The predicted molar refractivity (Wildman–Crippen MR) is 48.0 cm³/mol. The van der Waals surface area contributed by atoms with Crippen molar-refractivity contribution < 1.29 is 4.39 Å². The SMILES string of the molecule is C=C/C(=C\C(F)=C/C)C(C)C. The molecule has 0 aliphatic rings. The van der Waals surface area contributed by atoms with Crippen molar-refractivity contribution in [2.45, 2.75) is 20.8 Å². The monoisotopic (exact) mass is 154 g/mol. The van der Waals surface area contributed by atoms with Gasteiger partial charge in [0.05, 0.1) is 0 Å². The predicted octanol–water partition coefficient (Wildman–Crippen LogP) is 3.63. The van der Waals surface area contributed by atoms with Gasteiger partial charge in [-0.2, -0.15) is 0 Å². The Morgan fingerprint density at radius 3 is 2.27 bits per heavy atom. The molecule has 0 aromatic heterocycles. The number of allylic oxidation sites excluding steroid dienone is 5. The van der Waals surface area contributed by atoms with Crippen molar-refractivity contribution in [3.05, 3.63) is 36.2 Å². The molecule has 0 fully saturated rings. The zero-order chi connectivity index (χ0) is 8.85. The van der Waals surface area contributed by atoms with E-state index < -0.39 is 0 Å². The van der Waals surface area contributed by atoms with E-state index in [2.05, 4.69) is 6.58 Å². The second-order valence-corrected chi connectivity index (χ2v) is 2.68. The van der Waals surface area contributed by atoms with Gasteiger partial charge < -0.3 is 0 Å². The molecule has 0 amide bonds. The van der Waals surface area contributed by atoms with E-state index in [1.807, 2.05) is 13.8 Å². The van der Waals surface area contributed by atoms with Crippen LogP contribution in [0.3, 0.4) is 0 Å². The molecule has 0 N–H and O–H groups in total. The molecule has 0 spiro atoms. The molecular weight excluding hydrogens is 139 g/mol. The fraction of sp³-hybridized carbons (Fsp3) is 0.400. The summed E-state index contributed by atoms with van der Waals surface area (Å²) in [6.45, 7) is 9.30. The summed E-state index contributed by atoms with van der Waals surface area (Å²) in [5.41, 5.74) is 0.931. The minimum atomic E-state index is -0.200. The summed E-state index contributed by atoms with van der Waals surface area (Å²) in [7, 11) is 0. The first-order valence-electron chi connectivity index (χ1n) is 3.77. The van der Waals surface area contributed by atoms with Gasteiger partial charge in [-0.15, -0.1) is 0 Å². The van der Waals surface area contributed by atoms with Crippen molar-refractivity contribution in [2.24, 2.45) is 5.92 Å². The molecule has 0 heterocycles. The van der Waals surface area contributed by atoms with Crippen LogP contribution in [0.15, 0.2) is 36.2 Å². The quantitative estimate of drug-likeness (QED) is 0.544. The van der Waals surface area contributed by atoms with E-state index in [1.54, 1.807) is 13.0 Å². The molecule has 0 aromatic carbocycles. The van der Waals surface area contributed by atoms with Gasteiger partial charge in [0, 0.05) is 0 Å². The Morgan fingerprint density at radius 2 is 2.00 bits per heavy atom. The van der Waals surface area contributed by atoms with Crippen molar-refractivity contribution >= 4 is 0 Å². The lowest BCUT2D eigenvalue weighted by Gasteiger charge is -2.03. The van der Waals surface area contributed by atoms with Gasteiger partial charge in [-0.1, -0.05) is 32.6 Å². The van der Waals surface area contributed by atoms with Gasteiger partial charge in [-0.05, 0) is 24.5 Å². The fourth-order valence-corrected chi connectivity index (χ4v) is 0.704. The van der Waals surface area contributed by atoms with Crippen LogP contribution >= 0.6 is 0 Å². The van der Waals surface area contributed by atoms with Crippen LogP contribution in [-0.2, 0) is 0 Å². The van der Waals surface area contributed by atoms with Gasteiger partial charge in [0.25, 0.3) is 0 Å². The van der Waals surface area contributed by atoms with Gasteiger partial charge in [-0.3, -0.25) is 0 Å². The molecule has 0 unspecified atom stereocenters. The Labute approximate surface area is 68.1 Å². The molecule has 0 aliphatic carbocycles. The summed E-state index contributed by atoms with van der Waals surface area (Å²) >= 11 is 0. The van der Waals surface area contributed by atoms with Gasteiger partial charge in [0.2, 0.25) is 0 Å². The van der Waals surface area contributed by atoms with E-state index in [0.717, 1.165) is 5.57 Å². The average molecular weight is 154 g/mol. The van der Waals surface area contributed by atoms with Crippen LogP contribution < -0.4 is 0 Å². The average Bonchev–Trinajstić information content (AvgIpc) is 1.99. The molecular formula is C10H15F. The van der Waals surface area contributed by atoms with E-state index in [9.17, 15) is 4.39 Å². The maximum Gasteiger partial charge on any atom is 0.119 e. The van der Waals surface area contributed by atoms with Crippen molar-refractivity contribution in [1.29, 1.82) is 0 Å². The molecule has 0 nitrogen and oxygen atoms in total.